The molecule has 0 amide bonds. The number of aryl methyl sites for hydroxylation is 1. The standard InChI is InChI=1S/C25H22ClF2N/c1-13-9-10-18(15(3)29)22(25(13)28)23-21-14(2)19(16-7-5-4-6-8-16)11-17(21)12-20(27)24(23)26/h4-10,12,14,19H,3,11,29H2,1-2H3/t14-,19?/m1/s1. The van der Waals surface area contributed by atoms with E-state index in [0.29, 0.717) is 23.1 Å². The van der Waals surface area contributed by atoms with Crippen molar-refractivity contribution in [1.29, 1.82) is 0 Å². The molecule has 1 aliphatic rings. The summed E-state index contributed by atoms with van der Waals surface area (Å²) >= 11 is 6.46. The van der Waals surface area contributed by atoms with Crippen molar-refractivity contribution in [2.24, 2.45) is 5.73 Å². The molecule has 0 heterocycles. The molecule has 3 aromatic carbocycles. The van der Waals surface area contributed by atoms with Gasteiger partial charge in [0.1, 0.15) is 11.6 Å². The predicted molar refractivity (Wildman–Crippen MR) is 116 cm³/mol. The van der Waals surface area contributed by atoms with Gasteiger partial charge in [-0.3, -0.25) is 0 Å². The van der Waals surface area contributed by atoms with E-state index >= 15 is 4.39 Å². The second kappa shape index (κ2) is 7.31. The van der Waals surface area contributed by atoms with Crippen LogP contribution in [0.15, 0.2) is 55.1 Å². The Morgan fingerprint density at radius 2 is 1.79 bits per heavy atom. The fourth-order valence-corrected chi connectivity index (χ4v) is 4.79. The van der Waals surface area contributed by atoms with Crippen LogP contribution in [-0.2, 0) is 6.42 Å². The lowest BCUT2D eigenvalue weighted by molar-refractivity contribution is 0.616. The number of nitrogens with two attached hydrogens (primary N) is 1. The third-order valence-electron chi connectivity index (χ3n) is 6.00. The van der Waals surface area contributed by atoms with E-state index in [-0.39, 0.29) is 28.1 Å². The van der Waals surface area contributed by atoms with Crippen molar-refractivity contribution in [3.63, 3.8) is 0 Å². The molecule has 0 fully saturated rings. The van der Waals surface area contributed by atoms with E-state index in [4.69, 9.17) is 17.3 Å². The van der Waals surface area contributed by atoms with Crippen LogP contribution in [-0.4, -0.2) is 0 Å². The minimum absolute atomic E-state index is 0.0410. The molecule has 0 aromatic heterocycles. The van der Waals surface area contributed by atoms with Crippen LogP contribution in [0.2, 0.25) is 5.02 Å². The average molecular weight is 410 g/mol. The molecule has 0 saturated carbocycles. The minimum atomic E-state index is -0.546. The Balaban J connectivity index is 2.01. The number of benzene rings is 3. The zero-order valence-corrected chi connectivity index (χ0v) is 17.2. The van der Waals surface area contributed by atoms with Crippen LogP contribution in [0.3, 0.4) is 0 Å². The zero-order valence-electron chi connectivity index (χ0n) is 16.4. The fraction of sp³-hybridized carbons (Fsp3) is 0.200. The summed E-state index contributed by atoms with van der Waals surface area (Å²) in [5.74, 6) is -0.783. The maximum absolute atomic E-state index is 15.4. The lowest BCUT2D eigenvalue weighted by Crippen LogP contribution is -2.06. The molecule has 4 heteroatoms. The first-order chi connectivity index (χ1) is 13.8. The number of hydrogen-bond acceptors (Lipinski definition) is 1. The van der Waals surface area contributed by atoms with Gasteiger partial charge in [-0.05, 0) is 53.5 Å². The van der Waals surface area contributed by atoms with E-state index in [9.17, 15) is 4.39 Å². The van der Waals surface area contributed by atoms with Crippen LogP contribution in [0.4, 0.5) is 8.78 Å². The molecule has 0 saturated heterocycles. The Morgan fingerprint density at radius 3 is 2.45 bits per heavy atom. The van der Waals surface area contributed by atoms with Gasteiger partial charge in [0.15, 0.2) is 0 Å². The van der Waals surface area contributed by atoms with Crippen molar-refractivity contribution in [2.75, 3.05) is 0 Å². The van der Waals surface area contributed by atoms with Crippen LogP contribution in [0.25, 0.3) is 16.8 Å². The van der Waals surface area contributed by atoms with E-state index in [1.165, 1.54) is 11.6 Å². The summed E-state index contributed by atoms with van der Waals surface area (Å²) < 4.78 is 30.2. The highest BCUT2D eigenvalue weighted by molar-refractivity contribution is 6.34. The topological polar surface area (TPSA) is 26.0 Å². The molecule has 1 nitrogen and oxygen atoms in total. The van der Waals surface area contributed by atoms with Gasteiger partial charge in [-0.1, -0.05) is 67.6 Å². The number of hydrogen-bond donors (Lipinski definition) is 1. The molecule has 1 aliphatic carbocycles. The first-order valence-corrected chi connectivity index (χ1v) is 9.99. The molecule has 148 valence electrons. The third kappa shape index (κ3) is 3.14. The second-order valence-electron chi connectivity index (χ2n) is 7.77. The normalized spacial score (nSPS) is 18.0. The minimum Gasteiger partial charge on any atom is -0.399 e. The lowest BCUT2D eigenvalue weighted by atomic mass is 9.84. The maximum Gasteiger partial charge on any atom is 0.142 e. The largest absolute Gasteiger partial charge is 0.399 e. The van der Waals surface area contributed by atoms with E-state index in [2.05, 4.69) is 25.6 Å². The van der Waals surface area contributed by atoms with Crippen molar-refractivity contribution < 1.29 is 8.78 Å². The third-order valence-corrected chi connectivity index (χ3v) is 6.37. The fourth-order valence-electron chi connectivity index (χ4n) is 4.54. The van der Waals surface area contributed by atoms with Crippen LogP contribution in [0.1, 0.15) is 46.6 Å². The Hall–Kier alpha value is -2.65. The second-order valence-corrected chi connectivity index (χ2v) is 8.15. The van der Waals surface area contributed by atoms with Gasteiger partial charge in [-0.15, -0.1) is 0 Å². The molecule has 4 rings (SSSR count). The molecule has 29 heavy (non-hydrogen) atoms. The van der Waals surface area contributed by atoms with E-state index in [0.717, 1.165) is 11.1 Å². The van der Waals surface area contributed by atoms with Gasteiger partial charge in [-0.25, -0.2) is 8.78 Å². The maximum atomic E-state index is 15.4. The van der Waals surface area contributed by atoms with E-state index in [1.54, 1.807) is 19.1 Å². The predicted octanol–water partition coefficient (Wildman–Crippen LogP) is 6.97. The summed E-state index contributed by atoms with van der Waals surface area (Å²) in [5.41, 5.74) is 10.6. The van der Waals surface area contributed by atoms with E-state index < -0.39 is 11.6 Å². The number of halogens is 3. The van der Waals surface area contributed by atoms with Gasteiger partial charge in [0.2, 0.25) is 0 Å². The Bertz CT molecular complexity index is 1120. The first kappa shape index (κ1) is 19.7. The molecule has 1 unspecified atom stereocenters. The molecule has 0 aliphatic heterocycles. The first-order valence-electron chi connectivity index (χ1n) is 9.61. The summed E-state index contributed by atoms with van der Waals surface area (Å²) in [4.78, 5) is 0. The molecule has 2 N–H and O–H groups in total. The molecular weight excluding hydrogens is 388 g/mol. The molecule has 3 aromatic rings. The summed E-state index contributed by atoms with van der Waals surface area (Å²) in [6, 6.07) is 15.0. The average Bonchev–Trinajstić information content (AvgIpc) is 3.02. The molecule has 0 radical (unpaired) electrons. The van der Waals surface area contributed by atoms with Gasteiger partial charge in [0.25, 0.3) is 0 Å². The summed E-state index contributed by atoms with van der Waals surface area (Å²) in [7, 11) is 0. The zero-order chi connectivity index (χ0) is 20.9. The van der Waals surface area contributed by atoms with E-state index in [1.807, 2.05) is 18.2 Å². The smallest absolute Gasteiger partial charge is 0.142 e. The molecule has 0 spiro atoms. The van der Waals surface area contributed by atoms with Gasteiger partial charge >= 0.3 is 0 Å². The molecule has 2 atom stereocenters. The Kier molecular flexibility index (Phi) is 4.95. The highest BCUT2D eigenvalue weighted by Gasteiger charge is 2.36. The van der Waals surface area contributed by atoms with Crippen molar-refractivity contribution in [3.8, 4) is 11.1 Å². The highest BCUT2D eigenvalue weighted by Crippen LogP contribution is 2.51. The summed E-state index contributed by atoms with van der Waals surface area (Å²) in [6.07, 6.45) is 0.675. The van der Waals surface area contributed by atoms with Gasteiger partial charge in [-0.2, -0.15) is 0 Å². The van der Waals surface area contributed by atoms with Gasteiger partial charge < -0.3 is 5.73 Å². The van der Waals surface area contributed by atoms with Crippen molar-refractivity contribution in [3.05, 3.63) is 99.6 Å². The van der Waals surface area contributed by atoms with Gasteiger partial charge in [0.05, 0.1) is 5.02 Å². The van der Waals surface area contributed by atoms with Crippen LogP contribution >= 0.6 is 11.6 Å². The monoisotopic (exact) mass is 409 g/mol. The molecular formula is C25H22ClF2N. The molecule has 0 bridgehead atoms. The quantitative estimate of drug-likeness (QED) is 0.496. The highest BCUT2D eigenvalue weighted by atomic mass is 35.5. The van der Waals surface area contributed by atoms with Crippen LogP contribution < -0.4 is 5.73 Å². The van der Waals surface area contributed by atoms with Crippen molar-refractivity contribution in [2.45, 2.75) is 32.1 Å². The SMILES string of the molecule is C=C(N)c1ccc(C)c(F)c1-c1c(Cl)c(F)cc2c1[C@H](C)C(c1ccccc1)C2. The van der Waals surface area contributed by atoms with Gasteiger partial charge in [0, 0.05) is 22.4 Å². The van der Waals surface area contributed by atoms with Crippen molar-refractivity contribution >= 4 is 17.3 Å². The lowest BCUT2D eigenvalue weighted by Gasteiger charge is -2.22. The summed E-state index contributed by atoms with van der Waals surface area (Å²) in [5, 5.41) is -0.0729. The number of rotatable bonds is 3. The van der Waals surface area contributed by atoms with Crippen molar-refractivity contribution in [1.82, 2.24) is 0 Å². The van der Waals surface area contributed by atoms with Crippen LogP contribution in [0.5, 0.6) is 0 Å². The van der Waals surface area contributed by atoms with Crippen LogP contribution in [0, 0.1) is 18.6 Å². The number of fused-ring (bicyclic) bond motifs is 1. The Labute approximate surface area is 174 Å². The Morgan fingerprint density at radius 1 is 1.10 bits per heavy atom. The summed E-state index contributed by atoms with van der Waals surface area (Å²) in [6.45, 7) is 7.55.